The van der Waals surface area contributed by atoms with E-state index in [0.717, 1.165) is 12.2 Å². The summed E-state index contributed by atoms with van der Waals surface area (Å²) in [6.07, 6.45) is 0.516. The molecule has 0 heterocycles. The van der Waals surface area contributed by atoms with Crippen molar-refractivity contribution in [3.63, 3.8) is 0 Å². The minimum atomic E-state index is -0.492. The lowest BCUT2D eigenvalue weighted by Crippen LogP contribution is -2.27. The number of carbonyl (C=O) groups excluding carboxylic acids is 1. The highest BCUT2D eigenvalue weighted by molar-refractivity contribution is 5.84. The largest absolute Gasteiger partial charge is 0.494 e. The van der Waals surface area contributed by atoms with Crippen LogP contribution in [0.3, 0.4) is 0 Å². The van der Waals surface area contributed by atoms with Crippen LogP contribution in [0.2, 0.25) is 0 Å². The minimum absolute atomic E-state index is 0.454. The van der Waals surface area contributed by atoms with Crippen LogP contribution >= 0.6 is 0 Å². The molecule has 0 bridgehead atoms. The minimum Gasteiger partial charge on any atom is -0.494 e. The van der Waals surface area contributed by atoms with E-state index in [1.807, 2.05) is 32.9 Å². The van der Waals surface area contributed by atoms with Gasteiger partial charge in [0.25, 0.3) is 0 Å². The van der Waals surface area contributed by atoms with E-state index < -0.39 is 11.7 Å². The SMILES string of the molecule is CCCOc1ccc(NC(=O)OC(C)(C)C)cc1. The highest BCUT2D eigenvalue weighted by atomic mass is 16.6. The first-order valence-electron chi connectivity index (χ1n) is 6.13. The van der Waals surface area contributed by atoms with E-state index in [1.54, 1.807) is 12.1 Å². The van der Waals surface area contributed by atoms with Gasteiger partial charge in [0.15, 0.2) is 0 Å². The molecular formula is C14H21NO3. The van der Waals surface area contributed by atoms with Crippen LogP contribution in [0.15, 0.2) is 24.3 Å². The Labute approximate surface area is 108 Å². The molecule has 0 atom stereocenters. The van der Waals surface area contributed by atoms with Crippen molar-refractivity contribution in [2.75, 3.05) is 11.9 Å². The molecule has 1 aromatic rings. The van der Waals surface area contributed by atoms with Gasteiger partial charge >= 0.3 is 6.09 Å². The summed E-state index contributed by atoms with van der Waals surface area (Å²) in [6, 6.07) is 7.22. The van der Waals surface area contributed by atoms with E-state index in [0.29, 0.717) is 12.3 Å². The third kappa shape index (κ3) is 5.57. The van der Waals surface area contributed by atoms with Crippen molar-refractivity contribution < 1.29 is 14.3 Å². The van der Waals surface area contributed by atoms with Gasteiger partial charge in [-0.05, 0) is 51.5 Å². The lowest BCUT2D eigenvalue weighted by molar-refractivity contribution is 0.0636. The summed E-state index contributed by atoms with van der Waals surface area (Å²) >= 11 is 0. The van der Waals surface area contributed by atoms with Crippen molar-refractivity contribution in [1.82, 2.24) is 0 Å². The van der Waals surface area contributed by atoms with Crippen molar-refractivity contribution in [1.29, 1.82) is 0 Å². The zero-order valence-electron chi connectivity index (χ0n) is 11.4. The maximum atomic E-state index is 11.5. The zero-order chi connectivity index (χ0) is 13.6. The quantitative estimate of drug-likeness (QED) is 0.884. The van der Waals surface area contributed by atoms with Gasteiger partial charge in [-0.15, -0.1) is 0 Å². The molecular weight excluding hydrogens is 230 g/mol. The lowest BCUT2D eigenvalue weighted by atomic mass is 10.2. The maximum absolute atomic E-state index is 11.5. The third-order valence-electron chi connectivity index (χ3n) is 1.97. The van der Waals surface area contributed by atoms with Gasteiger partial charge in [0.1, 0.15) is 11.4 Å². The summed E-state index contributed by atoms with van der Waals surface area (Å²) in [5.74, 6) is 0.798. The topological polar surface area (TPSA) is 47.6 Å². The fourth-order valence-electron chi connectivity index (χ4n) is 1.28. The van der Waals surface area contributed by atoms with E-state index in [2.05, 4.69) is 12.2 Å². The lowest BCUT2D eigenvalue weighted by Gasteiger charge is -2.19. The molecule has 0 saturated carbocycles. The van der Waals surface area contributed by atoms with Gasteiger partial charge in [-0.1, -0.05) is 6.92 Å². The standard InChI is InChI=1S/C14H21NO3/c1-5-10-17-12-8-6-11(7-9-12)15-13(16)18-14(2,3)4/h6-9H,5,10H2,1-4H3,(H,15,16). The second-order valence-electron chi connectivity index (χ2n) is 5.00. The first kappa shape index (κ1) is 14.4. The predicted molar refractivity (Wildman–Crippen MR) is 72.1 cm³/mol. The molecule has 0 fully saturated rings. The van der Waals surface area contributed by atoms with Crippen molar-refractivity contribution >= 4 is 11.8 Å². The molecule has 1 amide bonds. The van der Waals surface area contributed by atoms with Gasteiger partial charge in [0.2, 0.25) is 0 Å². The van der Waals surface area contributed by atoms with E-state index in [4.69, 9.17) is 9.47 Å². The number of benzene rings is 1. The molecule has 4 heteroatoms. The number of nitrogens with one attached hydrogen (secondary N) is 1. The first-order chi connectivity index (χ1) is 8.40. The molecule has 100 valence electrons. The molecule has 1 rings (SSSR count). The van der Waals surface area contributed by atoms with Crippen LogP contribution in [0, 0.1) is 0 Å². The number of hydrogen-bond donors (Lipinski definition) is 1. The Balaban J connectivity index is 2.50. The molecule has 0 unspecified atom stereocenters. The Morgan fingerprint density at radius 1 is 1.22 bits per heavy atom. The number of ether oxygens (including phenoxy) is 2. The fourth-order valence-corrected chi connectivity index (χ4v) is 1.28. The molecule has 0 aliphatic rings. The molecule has 1 N–H and O–H groups in total. The van der Waals surface area contributed by atoms with Gasteiger partial charge in [-0.25, -0.2) is 4.79 Å². The Morgan fingerprint density at radius 2 is 1.83 bits per heavy atom. The molecule has 0 aliphatic heterocycles. The predicted octanol–water partition coefficient (Wildman–Crippen LogP) is 3.82. The molecule has 0 saturated heterocycles. The smallest absolute Gasteiger partial charge is 0.412 e. The van der Waals surface area contributed by atoms with Crippen LogP contribution < -0.4 is 10.1 Å². The van der Waals surface area contributed by atoms with Gasteiger partial charge < -0.3 is 9.47 Å². The van der Waals surface area contributed by atoms with E-state index in [-0.39, 0.29) is 0 Å². The second kappa shape index (κ2) is 6.28. The van der Waals surface area contributed by atoms with Crippen LogP contribution in [0.5, 0.6) is 5.75 Å². The Hall–Kier alpha value is -1.71. The summed E-state index contributed by atoms with van der Waals surface area (Å²) in [6.45, 7) is 8.23. The van der Waals surface area contributed by atoms with Crippen LogP contribution in [-0.4, -0.2) is 18.3 Å². The highest BCUT2D eigenvalue weighted by Crippen LogP contribution is 2.17. The van der Waals surface area contributed by atoms with Gasteiger partial charge in [-0.2, -0.15) is 0 Å². The number of rotatable bonds is 4. The van der Waals surface area contributed by atoms with Crippen LogP contribution in [0.25, 0.3) is 0 Å². The monoisotopic (exact) mass is 251 g/mol. The second-order valence-corrected chi connectivity index (χ2v) is 5.00. The van der Waals surface area contributed by atoms with Crippen molar-refractivity contribution in [2.24, 2.45) is 0 Å². The van der Waals surface area contributed by atoms with Gasteiger partial charge in [0.05, 0.1) is 6.61 Å². The van der Waals surface area contributed by atoms with E-state index >= 15 is 0 Å². The maximum Gasteiger partial charge on any atom is 0.412 e. The number of amides is 1. The summed E-state index contributed by atoms with van der Waals surface area (Å²) in [4.78, 5) is 11.5. The van der Waals surface area contributed by atoms with E-state index in [9.17, 15) is 4.79 Å². The van der Waals surface area contributed by atoms with Crippen LogP contribution in [-0.2, 0) is 4.74 Å². The van der Waals surface area contributed by atoms with Crippen LogP contribution in [0.4, 0.5) is 10.5 Å². The van der Waals surface area contributed by atoms with Gasteiger partial charge in [0, 0.05) is 5.69 Å². The third-order valence-corrected chi connectivity index (χ3v) is 1.97. The van der Waals surface area contributed by atoms with Crippen LogP contribution in [0.1, 0.15) is 34.1 Å². The molecule has 0 spiro atoms. The average Bonchev–Trinajstić information content (AvgIpc) is 2.25. The number of anilines is 1. The highest BCUT2D eigenvalue weighted by Gasteiger charge is 2.15. The average molecular weight is 251 g/mol. The number of hydrogen-bond acceptors (Lipinski definition) is 3. The molecule has 18 heavy (non-hydrogen) atoms. The van der Waals surface area contributed by atoms with Crippen molar-refractivity contribution in [2.45, 2.75) is 39.7 Å². The van der Waals surface area contributed by atoms with Crippen molar-refractivity contribution in [3.8, 4) is 5.75 Å². The summed E-state index contributed by atoms with van der Waals surface area (Å²) in [5, 5.41) is 2.67. The zero-order valence-corrected chi connectivity index (χ0v) is 11.4. The molecule has 0 radical (unpaired) electrons. The Kier molecular flexibility index (Phi) is 5.01. The van der Waals surface area contributed by atoms with Gasteiger partial charge in [-0.3, -0.25) is 5.32 Å². The fraction of sp³-hybridized carbons (Fsp3) is 0.500. The van der Waals surface area contributed by atoms with Crippen molar-refractivity contribution in [3.05, 3.63) is 24.3 Å². The molecule has 4 nitrogen and oxygen atoms in total. The molecule has 0 aromatic heterocycles. The number of carbonyl (C=O) groups is 1. The normalized spacial score (nSPS) is 10.9. The Morgan fingerprint density at radius 3 is 2.33 bits per heavy atom. The summed E-state index contributed by atoms with van der Waals surface area (Å²) < 4.78 is 10.6. The molecule has 1 aromatic carbocycles. The summed E-state index contributed by atoms with van der Waals surface area (Å²) in [5.41, 5.74) is 0.196. The Bertz CT molecular complexity index is 379. The van der Waals surface area contributed by atoms with E-state index in [1.165, 1.54) is 0 Å². The summed E-state index contributed by atoms with van der Waals surface area (Å²) in [7, 11) is 0. The first-order valence-corrected chi connectivity index (χ1v) is 6.13. The molecule has 0 aliphatic carbocycles.